The number of nitrogens with two attached hydrogens (primary N) is 1. The first-order chi connectivity index (χ1) is 9.77. The number of benzene rings is 1. The summed E-state index contributed by atoms with van der Waals surface area (Å²) in [4.78, 5) is 16.7. The van der Waals surface area contributed by atoms with Gasteiger partial charge >= 0.3 is 0 Å². The van der Waals surface area contributed by atoms with Crippen molar-refractivity contribution in [2.75, 3.05) is 5.73 Å². The molecule has 0 aliphatic rings. The second-order valence-corrected chi connectivity index (χ2v) is 5.74. The maximum Gasteiger partial charge on any atom is 0.232 e. The molecule has 0 unspecified atom stereocenters. The zero-order chi connectivity index (χ0) is 15.4. The van der Waals surface area contributed by atoms with Crippen LogP contribution >= 0.6 is 0 Å². The highest BCUT2D eigenvalue weighted by Crippen LogP contribution is 2.25. The van der Waals surface area contributed by atoms with Crippen molar-refractivity contribution in [2.45, 2.75) is 26.4 Å². The zero-order valence-corrected chi connectivity index (χ0v) is 12.1. The van der Waals surface area contributed by atoms with Crippen LogP contribution in [0, 0.1) is 6.92 Å². The number of pyridine rings is 1. The highest BCUT2D eigenvalue weighted by Gasteiger charge is 2.18. The van der Waals surface area contributed by atoms with E-state index in [0.717, 1.165) is 5.56 Å². The van der Waals surface area contributed by atoms with Crippen molar-refractivity contribution >= 4 is 27.9 Å². The number of hydrogen-bond acceptors (Lipinski definition) is 5. The van der Waals surface area contributed by atoms with Gasteiger partial charge < -0.3 is 15.3 Å². The summed E-state index contributed by atoms with van der Waals surface area (Å²) in [7, 11) is 0. The number of nitrogens with zero attached hydrogens (tertiary/aromatic N) is 1. The van der Waals surface area contributed by atoms with E-state index < -0.39 is 5.60 Å². The van der Waals surface area contributed by atoms with Crippen molar-refractivity contribution in [3.63, 3.8) is 0 Å². The Bertz CT molecular complexity index is 921. The third-order valence-corrected chi connectivity index (χ3v) is 3.60. The molecule has 5 heteroatoms. The van der Waals surface area contributed by atoms with Crippen LogP contribution in [-0.2, 0) is 5.60 Å². The summed E-state index contributed by atoms with van der Waals surface area (Å²) in [5, 5.41) is 10.9. The largest absolute Gasteiger partial charge is 0.437 e. The molecule has 3 rings (SSSR count). The molecule has 0 spiro atoms. The molecule has 2 aromatic heterocycles. The molecule has 108 valence electrons. The lowest BCUT2D eigenvalue weighted by Crippen LogP contribution is -2.16. The van der Waals surface area contributed by atoms with Gasteiger partial charge in [-0.25, -0.2) is 0 Å². The van der Waals surface area contributed by atoms with E-state index in [-0.39, 0.29) is 11.1 Å². The normalized spacial score (nSPS) is 12.2. The van der Waals surface area contributed by atoms with Gasteiger partial charge in [0.15, 0.2) is 0 Å². The average molecular weight is 284 g/mol. The van der Waals surface area contributed by atoms with Crippen LogP contribution in [0.25, 0.3) is 22.1 Å². The molecule has 5 nitrogen and oxygen atoms in total. The molecule has 3 N–H and O–H groups in total. The first-order valence-electron chi connectivity index (χ1n) is 6.64. The van der Waals surface area contributed by atoms with Crippen molar-refractivity contribution in [1.82, 2.24) is 4.98 Å². The molecule has 0 aliphatic carbocycles. The smallest absolute Gasteiger partial charge is 0.232 e. The van der Waals surface area contributed by atoms with Crippen LogP contribution in [-0.4, -0.2) is 10.1 Å². The van der Waals surface area contributed by atoms with Crippen molar-refractivity contribution in [3.8, 4) is 0 Å². The van der Waals surface area contributed by atoms with E-state index in [9.17, 15) is 9.90 Å². The van der Waals surface area contributed by atoms with Gasteiger partial charge in [0.1, 0.15) is 11.4 Å². The first kappa shape index (κ1) is 13.6. The van der Waals surface area contributed by atoms with Gasteiger partial charge in [-0.05, 0) is 50.1 Å². The Labute approximate surface area is 121 Å². The predicted molar refractivity (Wildman–Crippen MR) is 82.2 cm³/mol. The first-order valence-corrected chi connectivity index (χ1v) is 6.64. The third kappa shape index (κ3) is 2.15. The van der Waals surface area contributed by atoms with Crippen molar-refractivity contribution < 1.29 is 9.52 Å². The fourth-order valence-electron chi connectivity index (χ4n) is 2.28. The number of nitrogen functional groups attached to an aromatic ring is 1. The lowest BCUT2D eigenvalue weighted by atomic mass is 9.97. The molecular weight excluding hydrogens is 268 g/mol. The van der Waals surface area contributed by atoms with Crippen LogP contribution in [0.15, 0.2) is 33.5 Å². The third-order valence-electron chi connectivity index (χ3n) is 3.60. The van der Waals surface area contributed by atoms with Gasteiger partial charge in [-0.15, -0.1) is 0 Å². The van der Waals surface area contributed by atoms with Crippen molar-refractivity contribution in [1.29, 1.82) is 0 Å². The van der Waals surface area contributed by atoms with E-state index in [1.165, 1.54) is 0 Å². The number of hydrogen-bond donors (Lipinski definition) is 2. The summed E-state index contributed by atoms with van der Waals surface area (Å²) in [6.07, 6.45) is 0. The van der Waals surface area contributed by atoms with Crippen LogP contribution in [0.1, 0.15) is 25.0 Å². The summed E-state index contributed by atoms with van der Waals surface area (Å²) in [5.74, 6) is 0.345. The molecule has 0 radical (unpaired) electrons. The molecule has 3 aromatic rings. The monoisotopic (exact) mass is 284 g/mol. The minimum absolute atomic E-state index is 0.173. The molecule has 0 saturated carbocycles. The molecule has 21 heavy (non-hydrogen) atoms. The van der Waals surface area contributed by atoms with Crippen molar-refractivity contribution in [3.05, 3.63) is 45.6 Å². The Morgan fingerprint density at radius 2 is 1.95 bits per heavy atom. The fraction of sp³-hybridized carbons (Fsp3) is 0.250. The van der Waals surface area contributed by atoms with Crippen LogP contribution in [0.5, 0.6) is 0 Å². The van der Waals surface area contributed by atoms with E-state index >= 15 is 0 Å². The van der Waals surface area contributed by atoms with Gasteiger partial charge in [0.2, 0.25) is 11.1 Å². The quantitative estimate of drug-likeness (QED) is 0.670. The fourth-order valence-corrected chi connectivity index (χ4v) is 2.28. The minimum Gasteiger partial charge on any atom is -0.437 e. The van der Waals surface area contributed by atoms with Crippen molar-refractivity contribution in [2.24, 2.45) is 0 Å². The number of anilines is 1. The number of rotatable bonds is 1. The second-order valence-electron chi connectivity index (χ2n) is 5.74. The number of aryl methyl sites for hydroxylation is 1. The van der Waals surface area contributed by atoms with Crippen LogP contribution < -0.4 is 11.2 Å². The lowest BCUT2D eigenvalue weighted by molar-refractivity contribution is 0.0787. The molecule has 2 heterocycles. The second kappa shape index (κ2) is 4.30. The van der Waals surface area contributed by atoms with Crippen LogP contribution in [0.4, 0.5) is 5.82 Å². The van der Waals surface area contributed by atoms with Crippen LogP contribution in [0.3, 0.4) is 0 Å². The maximum absolute atomic E-state index is 12.6. The van der Waals surface area contributed by atoms with Gasteiger partial charge in [-0.1, -0.05) is 6.07 Å². The summed E-state index contributed by atoms with van der Waals surface area (Å²) in [5.41, 5.74) is 6.60. The number of fused-ring (bicyclic) bond motifs is 2. The molecule has 0 amide bonds. The van der Waals surface area contributed by atoms with Gasteiger partial charge in [0, 0.05) is 0 Å². The van der Waals surface area contributed by atoms with Gasteiger partial charge in [-0.3, -0.25) is 4.79 Å². The average Bonchev–Trinajstić information content (AvgIpc) is 2.40. The van der Waals surface area contributed by atoms with E-state index in [4.69, 9.17) is 10.2 Å². The molecule has 0 fully saturated rings. The molecule has 0 bridgehead atoms. The van der Waals surface area contributed by atoms with E-state index in [1.807, 2.05) is 0 Å². The van der Waals surface area contributed by atoms with Gasteiger partial charge in [0.05, 0.1) is 16.4 Å². The molecular formula is C16H16N2O3. The lowest BCUT2D eigenvalue weighted by Gasteiger charge is -2.17. The van der Waals surface area contributed by atoms with Crippen LogP contribution in [0.2, 0.25) is 0 Å². The number of aromatic nitrogens is 1. The molecule has 0 aliphatic heterocycles. The van der Waals surface area contributed by atoms with Gasteiger partial charge in [-0.2, -0.15) is 4.98 Å². The maximum atomic E-state index is 12.6. The highest BCUT2D eigenvalue weighted by atomic mass is 16.3. The Morgan fingerprint density at radius 3 is 2.62 bits per heavy atom. The Morgan fingerprint density at radius 1 is 1.24 bits per heavy atom. The Balaban J connectivity index is 2.43. The number of aliphatic hydroxyl groups is 1. The summed E-state index contributed by atoms with van der Waals surface area (Å²) in [6, 6.07) is 6.74. The standard InChI is InChI=1S/C16H16N2O3/c1-8-6-11-13(19)10-7-9(16(2,3)20)4-5-12(10)21-15(11)18-14(8)17/h4-7,20H,1-3H3,(H2,17,18). The zero-order valence-electron chi connectivity index (χ0n) is 12.1. The Hall–Kier alpha value is -2.40. The van der Waals surface area contributed by atoms with E-state index in [2.05, 4.69) is 4.98 Å². The summed E-state index contributed by atoms with van der Waals surface area (Å²) >= 11 is 0. The molecule has 1 aromatic carbocycles. The summed E-state index contributed by atoms with van der Waals surface area (Å²) < 4.78 is 5.66. The molecule has 0 atom stereocenters. The van der Waals surface area contributed by atoms with E-state index in [0.29, 0.717) is 27.7 Å². The highest BCUT2D eigenvalue weighted by molar-refractivity contribution is 5.89. The topological polar surface area (TPSA) is 89.3 Å². The molecule has 0 saturated heterocycles. The SMILES string of the molecule is Cc1cc2c(=O)c3cc(C(C)(C)O)ccc3oc2nc1N. The van der Waals surface area contributed by atoms with E-state index in [1.54, 1.807) is 45.0 Å². The Kier molecular flexibility index (Phi) is 2.78. The minimum atomic E-state index is -1.02. The summed E-state index contributed by atoms with van der Waals surface area (Å²) in [6.45, 7) is 5.13. The van der Waals surface area contributed by atoms with Gasteiger partial charge in [0.25, 0.3) is 0 Å². The predicted octanol–water partition coefficient (Wildman–Crippen LogP) is 2.46.